The highest BCUT2D eigenvalue weighted by atomic mass is 35.5. The Kier molecular flexibility index (Phi) is 5.38. The van der Waals surface area contributed by atoms with Crippen molar-refractivity contribution in [3.63, 3.8) is 0 Å². The lowest BCUT2D eigenvalue weighted by molar-refractivity contribution is 0.589. The Labute approximate surface area is 223 Å². The molecule has 0 atom stereocenters. The van der Waals surface area contributed by atoms with Gasteiger partial charge in [-0.1, -0.05) is 23.7 Å². The second-order valence-corrected chi connectivity index (χ2v) is 9.94. The largest absolute Gasteiger partial charge is 0.368 e. The van der Waals surface area contributed by atoms with E-state index in [4.69, 9.17) is 11.6 Å². The number of aromatic nitrogens is 5. The summed E-state index contributed by atoms with van der Waals surface area (Å²) in [7, 11) is 1.78. The number of hydrogen-bond acceptors (Lipinski definition) is 6. The Morgan fingerprint density at radius 3 is 2.37 bits per heavy atom. The van der Waals surface area contributed by atoms with Gasteiger partial charge in [0, 0.05) is 51.0 Å². The number of hydrogen-bond donors (Lipinski definition) is 1. The quantitative estimate of drug-likeness (QED) is 0.368. The van der Waals surface area contributed by atoms with Gasteiger partial charge in [-0.25, -0.2) is 4.79 Å². The number of imidazole rings is 1. The van der Waals surface area contributed by atoms with E-state index in [1.54, 1.807) is 34.8 Å². The molecule has 7 rings (SSSR count). The SMILES string of the molecule is Cn1c(=O)n(-c2ccc(N3CCNCC3)c(Cl)c2)c2c3cc(-c4ccc5nccnc5c4)ccc3ncc21. The molecule has 4 heterocycles. The number of nitrogens with zero attached hydrogens (tertiary/aromatic N) is 6. The van der Waals surface area contributed by atoms with Crippen molar-refractivity contribution in [2.75, 3.05) is 31.1 Å². The van der Waals surface area contributed by atoms with E-state index in [0.29, 0.717) is 5.02 Å². The molecule has 1 fully saturated rings. The van der Waals surface area contributed by atoms with Crippen LogP contribution in [-0.4, -0.2) is 50.3 Å². The molecule has 8 nitrogen and oxygen atoms in total. The maximum atomic E-state index is 13.6. The van der Waals surface area contributed by atoms with E-state index in [2.05, 4.69) is 31.2 Å². The van der Waals surface area contributed by atoms with E-state index in [1.165, 1.54) is 0 Å². The number of halogens is 1. The molecule has 0 unspecified atom stereocenters. The average Bonchev–Trinajstić information content (AvgIpc) is 3.22. The minimum absolute atomic E-state index is 0.147. The Hall–Kier alpha value is -4.27. The maximum absolute atomic E-state index is 13.6. The van der Waals surface area contributed by atoms with Gasteiger partial charge < -0.3 is 10.2 Å². The van der Waals surface area contributed by atoms with E-state index in [-0.39, 0.29) is 5.69 Å². The summed E-state index contributed by atoms with van der Waals surface area (Å²) in [4.78, 5) is 29.3. The van der Waals surface area contributed by atoms with Crippen molar-refractivity contribution in [2.45, 2.75) is 0 Å². The monoisotopic (exact) mass is 521 g/mol. The van der Waals surface area contributed by atoms with E-state index in [0.717, 1.165) is 81.7 Å². The van der Waals surface area contributed by atoms with Gasteiger partial charge in [-0.05, 0) is 53.6 Å². The van der Waals surface area contributed by atoms with Gasteiger partial charge in [-0.3, -0.25) is 24.1 Å². The number of fused-ring (bicyclic) bond motifs is 4. The topological polar surface area (TPSA) is 80.9 Å². The molecular weight excluding hydrogens is 498 g/mol. The summed E-state index contributed by atoms with van der Waals surface area (Å²) in [6, 6.07) is 18.0. The molecule has 0 amide bonds. The number of piperazine rings is 1. The van der Waals surface area contributed by atoms with Gasteiger partial charge in [-0.15, -0.1) is 0 Å². The summed E-state index contributed by atoms with van der Waals surface area (Å²) in [6.45, 7) is 3.64. The predicted octanol–water partition coefficient (Wildman–Crippen LogP) is 4.55. The Morgan fingerprint density at radius 2 is 1.58 bits per heavy atom. The first-order valence-corrected chi connectivity index (χ1v) is 12.9. The van der Waals surface area contributed by atoms with Gasteiger partial charge in [0.1, 0.15) is 0 Å². The molecule has 6 aromatic rings. The molecule has 9 heteroatoms. The number of pyridine rings is 1. The molecule has 188 valence electrons. The third-order valence-corrected chi connectivity index (χ3v) is 7.64. The predicted molar refractivity (Wildman–Crippen MR) is 152 cm³/mol. The highest BCUT2D eigenvalue weighted by molar-refractivity contribution is 6.33. The van der Waals surface area contributed by atoms with Crippen LogP contribution in [0.5, 0.6) is 0 Å². The number of anilines is 1. The molecule has 0 aliphatic carbocycles. The lowest BCUT2D eigenvalue weighted by atomic mass is 10.0. The first kappa shape index (κ1) is 22.9. The van der Waals surface area contributed by atoms with Crippen molar-refractivity contribution in [2.24, 2.45) is 7.05 Å². The molecular formula is C29H24ClN7O. The van der Waals surface area contributed by atoms with E-state index in [9.17, 15) is 4.79 Å². The fraction of sp³-hybridized carbons (Fsp3) is 0.172. The number of aryl methyl sites for hydroxylation is 1. The summed E-state index contributed by atoms with van der Waals surface area (Å²) in [5.41, 5.74) is 7.64. The average molecular weight is 522 g/mol. The second-order valence-electron chi connectivity index (χ2n) is 9.53. The summed E-state index contributed by atoms with van der Waals surface area (Å²) in [5, 5.41) is 4.89. The van der Waals surface area contributed by atoms with Gasteiger partial charge in [0.15, 0.2) is 0 Å². The summed E-state index contributed by atoms with van der Waals surface area (Å²) in [5.74, 6) is 0. The molecule has 3 aromatic heterocycles. The van der Waals surface area contributed by atoms with Crippen molar-refractivity contribution >= 4 is 50.3 Å². The molecule has 38 heavy (non-hydrogen) atoms. The smallest absolute Gasteiger partial charge is 0.333 e. The summed E-state index contributed by atoms with van der Waals surface area (Å²) < 4.78 is 3.38. The molecule has 0 saturated carbocycles. The fourth-order valence-electron chi connectivity index (χ4n) is 5.36. The minimum atomic E-state index is -0.147. The molecule has 0 bridgehead atoms. The normalized spacial score (nSPS) is 14.1. The second kappa shape index (κ2) is 8.93. The molecule has 1 aliphatic rings. The van der Waals surface area contributed by atoms with Gasteiger partial charge >= 0.3 is 5.69 Å². The zero-order valence-corrected chi connectivity index (χ0v) is 21.5. The molecule has 1 N–H and O–H groups in total. The Morgan fingerprint density at radius 1 is 0.842 bits per heavy atom. The van der Waals surface area contributed by atoms with Crippen LogP contribution in [0, 0.1) is 0 Å². The molecule has 0 spiro atoms. The van der Waals surface area contributed by atoms with E-state index < -0.39 is 0 Å². The minimum Gasteiger partial charge on any atom is -0.368 e. The van der Waals surface area contributed by atoms with Crippen molar-refractivity contribution < 1.29 is 0 Å². The van der Waals surface area contributed by atoms with Gasteiger partial charge in [0.05, 0.1) is 50.2 Å². The van der Waals surface area contributed by atoms with E-state index >= 15 is 0 Å². The number of rotatable bonds is 3. The van der Waals surface area contributed by atoms with Crippen LogP contribution >= 0.6 is 11.6 Å². The zero-order valence-electron chi connectivity index (χ0n) is 20.7. The van der Waals surface area contributed by atoms with Gasteiger partial charge in [0.2, 0.25) is 0 Å². The number of benzene rings is 3. The highest BCUT2D eigenvalue weighted by Gasteiger charge is 2.19. The van der Waals surface area contributed by atoms with Crippen LogP contribution in [0.1, 0.15) is 0 Å². The molecule has 1 aliphatic heterocycles. The Bertz CT molecular complexity index is 1920. The van der Waals surface area contributed by atoms with E-state index in [1.807, 2.05) is 48.5 Å². The first-order chi connectivity index (χ1) is 18.6. The van der Waals surface area contributed by atoms with Crippen molar-refractivity contribution in [1.29, 1.82) is 0 Å². The van der Waals surface area contributed by atoms with Crippen LogP contribution in [0.4, 0.5) is 5.69 Å². The van der Waals surface area contributed by atoms with Crippen LogP contribution in [0.2, 0.25) is 5.02 Å². The van der Waals surface area contributed by atoms with Crippen molar-refractivity contribution in [3.8, 4) is 16.8 Å². The molecule has 3 aromatic carbocycles. The zero-order chi connectivity index (χ0) is 25.8. The van der Waals surface area contributed by atoms with Crippen LogP contribution < -0.4 is 15.9 Å². The molecule has 0 radical (unpaired) electrons. The third-order valence-electron chi connectivity index (χ3n) is 7.33. The standard InChI is InChI=1S/C29H24ClN7O/c1-35-27-17-34-23-5-2-18(19-3-6-24-25(15-19)33-9-8-32-24)14-21(23)28(27)37(29(35)38)20-4-7-26(22(30)16-20)36-12-10-31-11-13-36/h2-9,14-17,31H,10-13H2,1H3. The molecule has 1 saturated heterocycles. The van der Waals surface area contributed by atoms with Crippen LogP contribution in [0.15, 0.2) is 78.0 Å². The van der Waals surface area contributed by atoms with Crippen LogP contribution in [0.3, 0.4) is 0 Å². The van der Waals surface area contributed by atoms with Gasteiger partial charge in [0.25, 0.3) is 0 Å². The lowest BCUT2D eigenvalue weighted by Crippen LogP contribution is -2.43. The van der Waals surface area contributed by atoms with Gasteiger partial charge in [-0.2, -0.15) is 0 Å². The summed E-state index contributed by atoms with van der Waals surface area (Å²) in [6.07, 6.45) is 5.15. The van der Waals surface area contributed by atoms with Crippen LogP contribution in [0.25, 0.3) is 49.8 Å². The summed E-state index contributed by atoms with van der Waals surface area (Å²) >= 11 is 6.79. The maximum Gasteiger partial charge on any atom is 0.333 e. The first-order valence-electron chi connectivity index (χ1n) is 12.6. The third kappa shape index (κ3) is 3.64. The van der Waals surface area contributed by atoms with Crippen molar-refractivity contribution in [1.82, 2.24) is 29.4 Å². The fourth-order valence-corrected chi connectivity index (χ4v) is 5.65. The highest BCUT2D eigenvalue weighted by Crippen LogP contribution is 2.33. The lowest BCUT2D eigenvalue weighted by Gasteiger charge is -2.30. The van der Waals surface area contributed by atoms with Crippen molar-refractivity contribution in [3.05, 3.63) is 88.7 Å². The Balaban J connectivity index is 1.42. The number of nitrogens with one attached hydrogen (secondary N) is 1. The van der Waals surface area contributed by atoms with Crippen LogP contribution in [-0.2, 0) is 7.05 Å².